The van der Waals surface area contributed by atoms with E-state index in [0.717, 1.165) is 21.3 Å². The zero-order valence-corrected chi connectivity index (χ0v) is 19.3. The van der Waals surface area contributed by atoms with Crippen molar-refractivity contribution in [2.24, 2.45) is 9.98 Å². The first-order valence-corrected chi connectivity index (χ1v) is 11.9. The number of para-hydroxylation sites is 1. The maximum absolute atomic E-state index is 13.3. The predicted molar refractivity (Wildman–Crippen MR) is 132 cm³/mol. The lowest BCUT2D eigenvalue weighted by Crippen LogP contribution is -2.41. The number of carbonyl (C=O) groups is 2. The highest BCUT2D eigenvalue weighted by Gasteiger charge is 2.41. The molecule has 0 spiro atoms. The van der Waals surface area contributed by atoms with Gasteiger partial charge in [-0.05, 0) is 29.8 Å². The summed E-state index contributed by atoms with van der Waals surface area (Å²) in [6, 6.07) is 24.3. The summed E-state index contributed by atoms with van der Waals surface area (Å²) in [4.78, 5) is 37.1. The van der Waals surface area contributed by atoms with Crippen LogP contribution in [-0.2, 0) is 11.2 Å². The van der Waals surface area contributed by atoms with Crippen LogP contribution in [0.2, 0.25) is 0 Å². The smallest absolute Gasteiger partial charge is 0.259 e. The summed E-state index contributed by atoms with van der Waals surface area (Å²) in [5.41, 5.74) is 3.27. The first-order valence-electron chi connectivity index (χ1n) is 10.2. The number of amides is 1. The SMILES string of the molecule is O=C(CSC1=Nc2ccccc2C2=N[C@H](Cc3ccccc3)C(=O)N12)c1ccc(Br)cc1. The van der Waals surface area contributed by atoms with E-state index >= 15 is 0 Å². The molecule has 3 aromatic carbocycles. The summed E-state index contributed by atoms with van der Waals surface area (Å²) in [7, 11) is 0. The summed E-state index contributed by atoms with van der Waals surface area (Å²) in [6.07, 6.45) is 0.525. The van der Waals surface area contributed by atoms with Crippen LogP contribution in [0.4, 0.5) is 5.69 Å². The molecule has 1 atom stereocenters. The summed E-state index contributed by atoms with van der Waals surface area (Å²) < 4.78 is 0.919. The van der Waals surface area contributed by atoms with Gasteiger partial charge in [-0.25, -0.2) is 9.89 Å². The van der Waals surface area contributed by atoms with Gasteiger partial charge in [0.05, 0.1) is 11.4 Å². The highest BCUT2D eigenvalue weighted by molar-refractivity contribution is 9.10. The Morgan fingerprint density at radius 2 is 1.69 bits per heavy atom. The fourth-order valence-corrected chi connectivity index (χ4v) is 4.88. The number of Topliss-reactive ketones (excluding diaryl/α,β-unsaturated/α-hetero) is 1. The second kappa shape index (κ2) is 8.84. The van der Waals surface area contributed by atoms with Gasteiger partial charge in [0.1, 0.15) is 11.9 Å². The molecule has 0 aromatic heterocycles. The van der Waals surface area contributed by atoms with Crippen LogP contribution in [0.15, 0.2) is 93.3 Å². The molecule has 0 bridgehead atoms. The molecule has 2 heterocycles. The fourth-order valence-electron chi connectivity index (χ4n) is 3.72. The van der Waals surface area contributed by atoms with Crippen molar-refractivity contribution in [1.82, 2.24) is 4.90 Å². The molecule has 5 nitrogen and oxygen atoms in total. The van der Waals surface area contributed by atoms with E-state index in [2.05, 4.69) is 15.9 Å². The number of nitrogens with zero attached hydrogens (tertiary/aromatic N) is 3. The van der Waals surface area contributed by atoms with Crippen LogP contribution in [0.3, 0.4) is 0 Å². The van der Waals surface area contributed by atoms with E-state index in [0.29, 0.717) is 23.0 Å². The molecule has 32 heavy (non-hydrogen) atoms. The fraction of sp³-hybridized carbons (Fsp3) is 0.120. The molecule has 2 aliphatic rings. The van der Waals surface area contributed by atoms with Gasteiger partial charge in [0, 0.05) is 22.0 Å². The number of fused-ring (bicyclic) bond motifs is 3. The Kier molecular flexibility index (Phi) is 5.76. The van der Waals surface area contributed by atoms with E-state index in [-0.39, 0.29) is 17.4 Å². The molecule has 0 radical (unpaired) electrons. The lowest BCUT2D eigenvalue weighted by atomic mass is 10.1. The Morgan fingerprint density at radius 1 is 0.969 bits per heavy atom. The molecule has 0 unspecified atom stereocenters. The van der Waals surface area contributed by atoms with Gasteiger partial charge in [-0.2, -0.15) is 0 Å². The first kappa shape index (κ1) is 20.8. The predicted octanol–water partition coefficient (Wildman–Crippen LogP) is 5.27. The Hall–Kier alpha value is -3.03. The van der Waals surface area contributed by atoms with E-state index in [1.807, 2.05) is 66.7 Å². The highest BCUT2D eigenvalue weighted by atomic mass is 79.9. The standard InChI is InChI=1S/C25H18BrN3O2S/c26-18-12-10-17(11-13-18)22(30)15-32-25-28-20-9-5-4-8-19(20)23-27-21(24(31)29(23)25)14-16-6-2-1-3-7-16/h1-13,21H,14-15H2/t21-/m1/s1. The van der Waals surface area contributed by atoms with Gasteiger partial charge in [-0.1, -0.05) is 82.3 Å². The average molecular weight is 504 g/mol. The number of rotatable bonds is 5. The van der Waals surface area contributed by atoms with Gasteiger partial charge in [-0.15, -0.1) is 0 Å². The number of ketones is 1. The minimum absolute atomic E-state index is 0.0185. The van der Waals surface area contributed by atoms with E-state index in [9.17, 15) is 9.59 Å². The van der Waals surface area contributed by atoms with Gasteiger partial charge >= 0.3 is 0 Å². The molecule has 7 heteroatoms. The molecule has 2 aliphatic heterocycles. The van der Waals surface area contributed by atoms with Crippen LogP contribution in [-0.4, -0.2) is 39.4 Å². The van der Waals surface area contributed by atoms with Gasteiger partial charge in [0.25, 0.3) is 5.91 Å². The third-order valence-electron chi connectivity index (χ3n) is 5.32. The van der Waals surface area contributed by atoms with Crippen LogP contribution in [0.5, 0.6) is 0 Å². The summed E-state index contributed by atoms with van der Waals surface area (Å²) in [5.74, 6) is 0.666. The third-order valence-corrected chi connectivity index (χ3v) is 6.79. The number of hydrogen-bond acceptors (Lipinski definition) is 5. The molecular weight excluding hydrogens is 486 g/mol. The van der Waals surface area contributed by atoms with E-state index < -0.39 is 6.04 Å². The van der Waals surface area contributed by atoms with Crippen LogP contribution in [0, 0.1) is 0 Å². The number of amidine groups is 2. The van der Waals surface area contributed by atoms with Crippen molar-refractivity contribution in [2.75, 3.05) is 5.75 Å². The second-order valence-corrected chi connectivity index (χ2v) is 9.32. The minimum Gasteiger partial charge on any atom is -0.293 e. The molecule has 5 rings (SSSR count). The molecular formula is C25H18BrN3O2S. The third kappa shape index (κ3) is 4.06. The Bertz CT molecular complexity index is 1260. The largest absolute Gasteiger partial charge is 0.293 e. The van der Waals surface area contributed by atoms with Crippen molar-refractivity contribution < 1.29 is 9.59 Å². The number of hydrogen-bond donors (Lipinski definition) is 0. The number of carbonyl (C=O) groups excluding carboxylic acids is 2. The number of thioether (sulfide) groups is 1. The van der Waals surface area contributed by atoms with Crippen molar-refractivity contribution in [3.05, 3.63) is 100 Å². The lowest BCUT2D eigenvalue weighted by Gasteiger charge is -2.25. The molecule has 0 aliphatic carbocycles. The summed E-state index contributed by atoms with van der Waals surface area (Å²) in [5, 5.41) is 0.494. The average Bonchev–Trinajstić information content (AvgIpc) is 3.15. The maximum Gasteiger partial charge on any atom is 0.259 e. The Morgan fingerprint density at radius 3 is 2.47 bits per heavy atom. The van der Waals surface area contributed by atoms with Gasteiger partial charge in [0.15, 0.2) is 11.0 Å². The van der Waals surface area contributed by atoms with Crippen molar-refractivity contribution in [3.63, 3.8) is 0 Å². The minimum atomic E-state index is -0.508. The normalized spacial score (nSPS) is 16.8. The van der Waals surface area contributed by atoms with E-state index in [1.54, 1.807) is 17.0 Å². The van der Waals surface area contributed by atoms with Gasteiger partial charge in [0.2, 0.25) is 0 Å². The quantitative estimate of drug-likeness (QED) is 0.445. The van der Waals surface area contributed by atoms with Crippen molar-refractivity contribution in [1.29, 1.82) is 0 Å². The number of aliphatic imine (C=N–C) groups is 2. The first-order chi connectivity index (χ1) is 15.6. The second-order valence-electron chi connectivity index (χ2n) is 7.46. The van der Waals surface area contributed by atoms with Gasteiger partial charge < -0.3 is 0 Å². The molecule has 0 N–H and O–H groups in total. The molecule has 0 saturated carbocycles. The van der Waals surface area contributed by atoms with Crippen LogP contribution in [0.1, 0.15) is 21.5 Å². The van der Waals surface area contributed by atoms with Crippen molar-refractivity contribution in [2.45, 2.75) is 12.5 Å². The zero-order chi connectivity index (χ0) is 22.1. The van der Waals surface area contributed by atoms with Crippen molar-refractivity contribution >= 4 is 56.1 Å². The molecule has 1 amide bonds. The van der Waals surface area contributed by atoms with Gasteiger partial charge in [-0.3, -0.25) is 14.6 Å². The molecule has 158 valence electrons. The van der Waals surface area contributed by atoms with Crippen LogP contribution in [0.25, 0.3) is 0 Å². The van der Waals surface area contributed by atoms with Crippen molar-refractivity contribution in [3.8, 4) is 0 Å². The van der Waals surface area contributed by atoms with Crippen LogP contribution >= 0.6 is 27.7 Å². The topological polar surface area (TPSA) is 62.1 Å². The number of benzene rings is 3. The molecule has 0 saturated heterocycles. The summed E-state index contributed by atoms with van der Waals surface area (Å²) >= 11 is 4.65. The zero-order valence-electron chi connectivity index (χ0n) is 16.9. The monoisotopic (exact) mass is 503 g/mol. The molecule has 3 aromatic rings. The highest BCUT2D eigenvalue weighted by Crippen LogP contribution is 2.34. The Labute approximate surface area is 198 Å². The van der Waals surface area contributed by atoms with Crippen LogP contribution < -0.4 is 0 Å². The maximum atomic E-state index is 13.3. The summed E-state index contributed by atoms with van der Waals surface area (Å²) in [6.45, 7) is 0. The number of halogens is 1. The van der Waals surface area contributed by atoms with E-state index in [1.165, 1.54) is 11.8 Å². The molecule has 0 fully saturated rings. The lowest BCUT2D eigenvalue weighted by molar-refractivity contribution is -0.124. The van der Waals surface area contributed by atoms with E-state index in [4.69, 9.17) is 9.98 Å². The Balaban J connectivity index is 1.42.